The van der Waals surface area contributed by atoms with Crippen LogP contribution >= 0.6 is 23.2 Å². The van der Waals surface area contributed by atoms with Crippen LogP contribution in [0.5, 0.6) is 11.5 Å². The van der Waals surface area contributed by atoms with Gasteiger partial charge in [-0.25, -0.2) is 8.78 Å². The van der Waals surface area contributed by atoms with Gasteiger partial charge in [0, 0.05) is 18.7 Å². The lowest BCUT2D eigenvalue weighted by molar-refractivity contribution is 0.143. The fourth-order valence-corrected chi connectivity index (χ4v) is 2.73. The topological polar surface area (TPSA) is 36.9 Å². The van der Waals surface area contributed by atoms with Gasteiger partial charge in [-0.1, -0.05) is 35.3 Å². The number of ether oxygens (including phenoxy) is 2. The number of methoxy groups -OCH3 is 2. The molecule has 1 aliphatic rings. The fourth-order valence-electron chi connectivity index (χ4n) is 2.26. The van der Waals surface area contributed by atoms with E-state index in [9.17, 15) is 8.78 Å². The van der Waals surface area contributed by atoms with E-state index in [4.69, 9.17) is 37.2 Å². The molecule has 4 nitrogen and oxygen atoms in total. The summed E-state index contributed by atoms with van der Waals surface area (Å²) in [4.78, 5) is 0. The molecule has 9 heteroatoms. The van der Waals surface area contributed by atoms with Crippen molar-refractivity contribution in [2.45, 2.75) is 6.42 Å². The molecule has 0 N–H and O–H groups in total. The van der Waals surface area contributed by atoms with E-state index in [1.54, 1.807) is 18.2 Å². The summed E-state index contributed by atoms with van der Waals surface area (Å²) in [6, 6.07) is 7.52. The van der Waals surface area contributed by atoms with Crippen molar-refractivity contribution in [1.29, 1.82) is 0 Å². The smallest absolute Gasteiger partial charge is 0.492 e. The molecule has 0 unspecified atom stereocenters. The summed E-state index contributed by atoms with van der Waals surface area (Å²) >= 11 is 11.4. The minimum absolute atomic E-state index is 0.0249. The van der Waals surface area contributed by atoms with E-state index in [2.05, 4.69) is 4.74 Å². The van der Waals surface area contributed by atoms with E-state index in [0.717, 1.165) is 6.42 Å². The van der Waals surface area contributed by atoms with Gasteiger partial charge in [0.2, 0.25) is 0 Å². The number of halogens is 4. The molecule has 140 valence electrons. The van der Waals surface area contributed by atoms with E-state index in [1.807, 2.05) is 0 Å². The minimum atomic E-state index is -0.667. The van der Waals surface area contributed by atoms with Crippen LogP contribution in [0.2, 0.25) is 10.0 Å². The average Bonchev–Trinajstić information content (AvgIpc) is 2.64. The predicted molar refractivity (Wildman–Crippen MR) is 97.8 cm³/mol. The molecule has 0 atom stereocenters. The zero-order valence-electron chi connectivity index (χ0n) is 14.2. The number of hydrogen-bond donors (Lipinski definition) is 0. The fraction of sp³-hybridized carbons (Fsp3) is 0.294. The van der Waals surface area contributed by atoms with Gasteiger partial charge >= 0.3 is 7.12 Å². The van der Waals surface area contributed by atoms with Crippen molar-refractivity contribution in [3.63, 3.8) is 0 Å². The van der Waals surface area contributed by atoms with Gasteiger partial charge in [-0.05, 0) is 24.6 Å². The summed E-state index contributed by atoms with van der Waals surface area (Å²) in [5.74, 6) is -0.835. The maximum absolute atomic E-state index is 13.9. The molecule has 1 fully saturated rings. The van der Waals surface area contributed by atoms with Gasteiger partial charge in [0.05, 0.1) is 24.3 Å². The molecule has 0 amide bonds. The van der Waals surface area contributed by atoms with Gasteiger partial charge in [-0.15, -0.1) is 0 Å². The maximum atomic E-state index is 13.9. The summed E-state index contributed by atoms with van der Waals surface area (Å²) in [7, 11) is 2.08. The third-order valence-corrected chi connectivity index (χ3v) is 4.08. The van der Waals surface area contributed by atoms with Crippen molar-refractivity contribution in [2.75, 3.05) is 27.4 Å². The van der Waals surface area contributed by atoms with Crippen LogP contribution < -0.4 is 14.9 Å². The lowest BCUT2D eigenvalue weighted by Gasteiger charge is -2.21. The predicted octanol–water partition coefficient (Wildman–Crippen LogP) is 4.11. The normalized spacial score (nSPS) is 13.7. The van der Waals surface area contributed by atoms with Gasteiger partial charge in [-0.3, -0.25) is 0 Å². The van der Waals surface area contributed by atoms with Crippen LogP contribution in [-0.2, 0) is 9.31 Å². The highest BCUT2D eigenvalue weighted by atomic mass is 35.5. The van der Waals surface area contributed by atoms with Crippen LogP contribution in [0, 0.1) is 11.6 Å². The molecule has 2 aromatic carbocycles. The Labute approximate surface area is 161 Å². The quantitative estimate of drug-likeness (QED) is 0.721. The highest BCUT2D eigenvalue weighted by Crippen LogP contribution is 2.27. The number of benzene rings is 2. The van der Waals surface area contributed by atoms with Crippen LogP contribution in [0.4, 0.5) is 8.78 Å². The Hall–Kier alpha value is -1.54. The first-order chi connectivity index (χ1) is 12.5. The molecule has 1 heterocycles. The van der Waals surface area contributed by atoms with Crippen molar-refractivity contribution in [3.8, 4) is 11.5 Å². The van der Waals surface area contributed by atoms with E-state index < -0.39 is 18.8 Å². The van der Waals surface area contributed by atoms with Crippen LogP contribution in [0.15, 0.2) is 30.3 Å². The molecular weight excluding hydrogens is 388 g/mol. The second kappa shape index (κ2) is 9.97. The molecule has 1 saturated heterocycles. The Morgan fingerprint density at radius 1 is 0.923 bits per heavy atom. The first kappa shape index (κ1) is 20.8. The third kappa shape index (κ3) is 5.01. The average molecular weight is 405 g/mol. The minimum Gasteiger partial charge on any atom is -0.492 e. The molecule has 0 saturated carbocycles. The first-order valence-electron chi connectivity index (χ1n) is 7.72. The number of rotatable bonds is 3. The zero-order valence-corrected chi connectivity index (χ0v) is 15.7. The molecule has 1 aliphatic heterocycles. The lowest BCUT2D eigenvalue weighted by Crippen LogP contribution is -2.42. The van der Waals surface area contributed by atoms with E-state index >= 15 is 0 Å². The monoisotopic (exact) mass is 404 g/mol. The second-order valence-electron chi connectivity index (χ2n) is 5.17. The Morgan fingerprint density at radius 2 is 1.54 bits per heavy atom. The number of para-hydroxylation sites is 1. The zero-order chi connectivity index (χ0) is 19.1. The molecule has 0 bridgehead atoms. The van der Waals surface area contributed by atoms with Crippen LogP contribution in [-0.4, -0.2) is 34.6 Å². The van der Waals surface area contributed by atoms with Crippen LogP contribution in [0.25, 0.3) is 0 Å². The van der Waals surface area contributed by atoms with Crippen molar-refractivity contribution in [3.05, 3.63) is 52.0 Å². The molecule has 26 heavy (non-hydrogen) atoms. The van der Waals surface area contributed by atoms with Crippen LogP contribution in [0.1, 0.15) is 6.42 Å². The van der Waals surface area contributed by atoms with Crippen molar-refractivity contribution in [1.82, 2.24) is 0 Å². The van der Waals surface area contributed by atoms with Crippen molar-refractivity contribution >= 4 is 35.8 Å². The summed E-state index contributed by atoms with van der Waals surface area (Å²) in [5.41, 5.74) is 0.320. The molecular formula is C17H17BCl2F2O4. The molecule has 0 aliphatic carbocycles. The van der Waals surface area contributed by atoms with E-state index in [1.165, 1.54) is 26.4 Å². The number of hydrogen-bond acceptors (Lipinski definition) is 4. The largest absolute Gasteiger partial charge is 0.497 e. The Kier molecular flexibility index (Phi) is 7.97. The Morgan fingerprint density at radius 3 is 2.08 bits per heavy atom. The van der Waals surface area contributed by atoms with Crippen molar-refractivity contribution < 1.29 is 27.6 Å². The van der Waals surface area contributed by atoms with Gasteiger partial charge in [0.1, 0.15) is 0 Å². The first-order valence-corrected chi connectivity index (χ1v) is 8.48. The standard InChI is InChI=1S/C10H11BClFO3.C7H6ClFO/c1-14-10-8(12)4-3-7(9(10)13)11-15-5-2-6-16-11;1-10-7-5(8)3-2-4-6(7)9/h3-4H,2,5-6H2,1H3;2-4H,1H3. The third-order valence-electron chi connectivity index (χ3n) is 3.49. The summed E-state index contributed by atoms with van der Waals surface area (Å²) in [5, 5.41) is 0.530. The molecule has 2 aromatic rings. The van der Waals surface area contributed by atoms with E-state index in [0.29, 0.717) is 23.7 Å². The lowest BCUT2D eigenvalue weighted by atomic mass is 9.77. The summed E-state index contributed by atoms with van der Waals surface area (Å²) < 4.78 is 46.8. The molecule has 3 rings (SSSR count). The van der Waals surface area contributed by atoms with Gasteiger partial charge in [0.25, 0.3) is 0 Å². The van der Waals surface area contributed by atoms with Gasteiger partial charge in [-0.2, -0.15) is 0 Å². The Bertz CT molecular complexity index is 723. The SMILES string of the molecule is COc1c(Cl)ccc(B2OCCCO2)c1F.COc1c(F)cccc1Cl. The molecule has 0 aromatic heterocycles. The molecule has 0 radical (unpaired) electrons. The van der Waals surface area contributed by atoms with Crippen molar-refractivity contribution in [2.24, 2.45) is 0 Å². The summed E-state index contributed by atoms with van der Waals surface area (Å²) in [6.07, 6.45) is 0.822. The maximum Gasteiger partial charge on any atom is 0.497 e. The summed E-state index contributed by atoms with van der Waals surface area (Å²) in [6.45, 7) is 1.13. The van der Waals surface area contributed by atoms with Crippen LogP contribution in [0.3, 0.4) is 0 Å². The second-order valence-corrected chi connectivity index (χ2v) is 5.98. The highest BCUT2D eigenvalue weighted by molar-refractivity contribution is 6.61. The highest BCUT2D eigenvalue weighted by Gasteiger charge is 2.29. The Balaban J connectivity index is 0.000000209. The van der Waals surface area contributed by atoms with E-state index in [-0.39, 0.29) is 16.5 Å². The van der Waals surface area contributed by atoms with Gasteiger partial charge in [0.15, 0.2) is 23.1 Å². The molecule has 0 spiro atoms. The van der Waals surface area contributed by atoms with Gasteiger partial charge < -0.3 is 18.8 Å².